The number of rotatable bonds is 5. The smallest absolute Gasteiger partial charge is 0.668 e. The van der Waals surface area contributed by atoms with Crippen molar-refractivity contribution in [3.63, 3.8) is 0 Å². The molecule has 19 heavy (non-hydrogen) atoms. The number of aliphatic hydroxyl groups excluding tert-OH is 1. The van der Waals surface area contributed by atoms with Gasteiger partial charge in [0.25, 0.3) is 0 Å². The molecule has 0 spiro atoms. The topological polar surface area (TPSA) is 62.5 Å². The van der Waals surface area contributed by atoms with E-state index < -0.39 is 0 Å². The molecule has 0 aromatic heterocycles. The van der Waals surface area contributed by atoms with Crippen LogP contribution in [0.25, 0.3) is 16.0 Å². The minimum absolute atomic E-state index is 0. The molecule has 0 amide bonds. The van der Waals surface area contributed by atoms with Crippen LogP contribution in [0.5, 0.6) is 0 Å². The molecule has 5 heteroatoms. The summed E-state index contributed by atoms with van der Waals surface area (Å²) in [5.74, 6) is 0.560. The third kappa shape index (κ3) is 69.5. The van der Waals surface area contributed by atoms with E-state index in [2.05, 4.69) is 29.8 Å². The number of unbranched alkanes of at least 4 members (excludes halogenated alkanes) is 1. The van der Waals surface area contributed by atoms with E-state index in [9.17, 15) is 0 Å². The molecule has 0 aromatic carbocycles. The predicted octanol–water partition coefficient (Wildman–Crippen LogP) is 4.05. The van der Waals surface area contributed by atoms with E-state index in [1.807, 2.05) is 0 Å². The summed E-state index contributed by atoms with van der Waals surface area (Å²) in [6.45, 7) is 4.69. The fraction of sp³-hybridized carbons (Fsp3) is 1.00. The molecule has 1 radical (unpaired) electrons. The van der Waals surface area contributed by atoms with Crippen LogP contribution in [0.15, 0.2) is 0 Å². The molecular formula is C14H36N3OTi. The quantitative estimate of drug-likeness (QED) is 0.765. The normalized spacial score (nSPS) is 9.32. The van der Waals surface area contributed by atoms with Crippen molar-refractivity contribution in [2.75, 3.05) is 48.9 Å². The molecule has 0 saturated carbocycles. The van der Waals surface area contributed by atoms with E-state index in [1.165, 1.54) is 19.3 Å². The van der Waals surface area contributed by atoms with Gasteiger partial charge in [0.15, 0.2) is 0 Å². The van der Waals surface area contributed by atoms with E-state index in [0.29, 0.717) is 12.5 Å². The summed E-state index contributed by atoms with van der Waals surface area (Å²) in [6.07, 6.45) is 4.83. The van der Waals surface area contributed by atoms with Crippen LogP contribution in [0.3, 0.4) is 0 Å². The van der Waals surface area contributed by atoms with Crippen molar-refractivity contribution in [1.82, 2.24) is 0 Å². The second kappa shape index (κ2) is 42.8. The molecule has 0 bridgehead atoms. The van der Waals surface area contributed by atoms with Crippen LogP contribution >= 0.6 is 0 Å². The molecule has 0 aliphatic carbocycles. The molecule has 0 aromatic rings. The summed E-state index contributed by atoms with van der Waals surface area (Å²) in [5.41, 5.74) is 0. The van der Waals surface area contributed by atoms with Crippen LogP contribution in [-0.2, 0) is 21.7 Å². The Morgan fingerprint density at radius 2 is 1.16 bits per heavy atom. The van der Waals surface area contributed by atoms with Crippen LogP contribution in [0.4, 0.5) is 0 Å². The second-order valence-corrected chi connectivity index (χ2v) is 3.94. The Labute approximate surface area is 137 Å². The fourth-order valence-electron chi connectivity index (χ4n) is 0.917. The zero-order chi connectivity index (χ0) is 15.2. The molecule has 0 heterocycles. The van der Waals surface area contributed by atoms with Gasteiger partial charge in [-0.05, 0) is 12.3 Å². The predicted molar refractivity (Wildman–Crippen MR) is 86.0 cm³/mol. The minimum atomic E-state index is 0. The van der Waals surface area contributed by atoms with E-state index in [1.54, 1.807) is 42.3 Å². The van der Waals surface area contributed by atoms with Gasteiger partial charge < -0.3 is 21.1 Å². The Balaban J connectivity index is -0.0000000548. The van der Waals surface area contributed by atoms with Gasteiger partial charge in [-0.25, -0.2) is 0 Å². The summed E-state index contributed by atoms with van der Waals surface area (Å²) in [7, 11) is 10.5. The van der Waals surface area contributed by atoms with Gasteiger partial charge in [0, 0.05) is 6.61 Å². The molecule has 117 valence electrons. The maximum absolute atomic E-state index is 8.75. The van der Waals surface area contributed by atoms with Crippen molar-refractivity contribution in [3.05, 3.63) is 16.0 Å². The summed E-state index contributed by atoms with van der Waals surface area (Å²) < 4.78 is 0. The third-order valence-electron chi connectivity index (χ3n) is 1.80. The summed E-state index contributed by atoms with van der Waals surface area (Å²) in [4.78, 5) is 0. The van der Waals surface area contributed by atoms with E-state index in [4.69, 9.17) is 5.11 Å². The van der Waals surface area contributed by atoms with Gasteiger partial charge in [0.1, 0.15) is 0 Å². The van der Waals surface area contributed by atoms with Crippen molar-refractivity contribution in [3.8, 4) is 0 Å². The molecule has 1 atom stereocenters. The van der Waals surface area contributed by atoms with Crippen molar-refractivity contribution >= 4 is 0 Å². The van der Waals surface area contributed by atoms with Gasteiger partial charge in [0.2, 0.25) is 0 Å². The zero-order valence-corrected chi connectivity index (χ0v) is 16.0. The van der Waals surface area contributed by atoms with Gasteiger partial charge in [0.05, 0.1) is 0 Å². The molecule has 0 aliphatic heterocycles. The maximum Gasteiger partial charge on any atom is 3.00 e. The zero-order valence-electron chi connectivity index (χ0n) is 14.4. The number of hydrogen-bond donors (Lipinski definition) is 1. The van der Waals surface area contributed by atoms with E-state index in [0.717, 1.165) is 6.42 Å². The van der Waals surface area contributed by atoms with Crippen molar-refractivity contribution in [2.45, 2.75) is 39.5 Å². The first-order chi connectivity index (χ1) is 8.59. The number of nitrogens with zero attached hydrogens (tertiary/aromatic N) is 3. The molecule has 0 saturated heterocycles. The Bertz CT molecular complexity index is 90.0. The third-order valence-corrected chi connectivity index (χ3v) is 1.80. The van der Waals surface area contributed by atoms with Gasteiger partial charge in [-0.3, -0.25) is 0 Å². The Morgan fingerprint density at radius 3 is 1.32 bits per heavy atom. The Hall–Kier alpha value is 0.554. The number of hydrogen-bond acceptors (Lipinski definition) is 1. The largest absolute Gasteiger partial charge is 3.00 e. The monoisotopic (exact) mass is 310 g/mol. The average Bonchev–Trinajstić information content (AvgIpc) is 2.33. The fourth-order valence-corrected chi connectivity index (χ4v) is 0.917. The Morgan fingerprint density at radius 1 is 0.842 bits per heavy atom. The second-order valence-electron chi connectivity index (χ2n) is 3.94. The van der Waals surface area contributed by atoms with Gasteiger partial charge in [-0.15, -0.1) is 0 Å². The summed E-state index contributed by atoms with van der Waals surface area (Å²) in [6, 6.07) is 0. The SMILES string of the molecule is CCCCC(CC)CO.C[N-]C.C[N-]C.C[N-]C.[Ti+3]. The molecule has 1 N–H and O–H groups in total. The Kier molecular flexibility index (Phi) is 71.6. The van der Waals surface area contributed by atoms with Crippen LogP contribution in [-0.4, -0.2) is 54.0 Å². The number of aliphatic hydroxyl groups is 1. The first kappa shape index (κ1) is 31.8. The first-order valence-corrected chi connectivity index (χ1v) is 6.64. The van der Waals surface area contributed by atoms with Crippen LogP contribution < -0.4 is 0 Å². The van der Waals surface area contributed by atoms with Crippen LogP contribution in [0, 0.1) is 5.92 Å². The average molecular weight is 310 g/mol. The van der Waals surface area contributed by atoms with Gasteiger partial charge in [-0.1, -0.05) is 33.1 Å². The van der Waals surface area contributed by atoms with Gasteiger partial charge in [-0.2, -0.15) is 42.3 Å². The van der Waals surface area contributed by atoms with Crippen molar-refractivity contribution < 1.29 is 26.8 Å². The molecule has 4 nitrogen and oxygen atoms in total. The minimum Gasteiger partial charge on any atom is -0.668 e. The molecule has 0 rings (SSSR count). The van der Waals surface area contributed by atoms with E-state index >= 15 is 0 Å². The van der Waals surface area contributed by atoms with Crippen molar-refractivity contribution in [1.29, 1.82) is 0 Å². The molecule has 0 aliphatic rings. The maximum atomic E-state index is 8.75. The summed E-state index contributed by atoms with van der Waals surface area (Å²) in [5, 5.41) is 19.3. The van der Waals surface area contributed by atoms with Gasteiger partial charge >= 0.3 is 21.7 Å². The molecule has 0 fully saturated rings. The van der Waals surface area contributed by atoms with Crippen LogP contribution in [0.1, 0.15) is 39.5 Å². The molecular weight excluding hydrogens is 274 g/mol. The molecule has 1 unspecified atom stereocenters. The van der Waals surface area contributed by atoms with Crippen LogP contribution in [0.2, 0.25) is 0 Å². The standard InChI is InChI=1S/C8H18O.3C2H6N.Ti/c1-3-5-6-8(4-2)7-9;3*1-3-2;/h8-9H,3-7H2,1-2H3;3*1-2H3;/q;3*-1;+3. The first-order valence-electron chi connectivity index (χ1n) is 6.64. The summed E-state index contributed by atoms with van der Waals surface area (Å²) >= 11 is 0. The van der Waals surface area contributed by atoms with Crippen molar-refractivity contribution in [2.24, 2.45) is 5.92 Å². The van der Waals surface area contributed by atoms with E-state index in [-0.39, 0.29) is 21.7 Å².